The highest BCUT2D eigenvalue weighted by atomic mass is 19.1. The van der Waals surface area contributed by atoms with E-state index in [1.165, 1.54) is 6.07 Å². The predicted molar refractivity (Wildman–Crippen MR) is 110 cm³/mol. The normalized spacial score (nSPS) is 20.9. The third-order valence-electron chi connectivity index (χ3n) is 6.07. The van der Waals surface area contributed by atoms with Crippen LogP contribution in [0.1, 0.15) is 43.2 Å². The molecule has 2 heterocycles. The van der Waals surface area contributed by atoms with Gasteiger partial charge in [-0.05, 0) is 56.3 Å². The second-order valence-corrected chi connectivity index (χ2v) is 8.09. The van der Waals surface area contributed by atoms with E-state index in [-0.39, 0.29) is 29.6 Å². The van der Waals surface area contributed by atoms with E-state index in [0.717, 1.165) is 31.4 Å². The smallest absolute Gasteiger partial charge is 0.239 e. The number of aryl methyl sites for hydroxylation is 1. The molecule has 2 amide bonds. The molecular formula is C23H30FN3O2. The van der Waals surface area contributed by atoms with E-state index in [2.05, 4.69) is 16.1 Å². The Morgan fingerprint density at radius 2 is 1.97 bits per heavy atom. The van der Waals surface area contributed by atoms with Gasteiger partial charge in [0, 0.05) is 25.6 Å². The summed E-state index contributed by atoms with van der Waals surface area (Å²) >= 11 is 0. The van der Waals surface area contributed by atoms with Crippen LogP contribution in [0.2, 0.25) is 0 Å². The van der Waals surface area contributed by atoms with E-state index in [9.17, 15) is 14.0 Å². The number of terminal acetylenes is 1. The van der Waals surface area contributed by atoms with Crippen molar-refractivity contribution in [3.8, 4) is 12.3 Å². The Kier molecular flexibility index (Phi) is 7.27. The molecule has 0 radical (unpaired) electrons. The molecule has 0 aliphatic carbocycles. The first-order valence-corrected chi connectivity index (χ1v) is 10.5. The largest absolute Gasteiger partial charge is 0.352 e. The maximum absolute atomic E-state index is 13.6. The zero-order chi connectivity index (χ0) is 20.8. The molecule has 6 heteroatoms. The first-order chi connectivity index (χ1) is 14.0. The Hall–Kier alpha value is -2.39. The van der Waals surface area contributed by atoms with Crippen molar-refractivity contribution in [3.05, 3.63) is 35.1 Å². The SMILES string of the molecule is C#CCN1CCCC[C@@H]1C(=O)N1CCC(C(=O)NCc2ccc(C)c(F)c2)CC1. The molecule has 0 saturated carbocycles. The van der Waals surface area contributed by atoms with Gasteiger partial charge < -0.3 is 10.2 Å². The van der Waals surface area contributed by atoms with Crippen molar-refractivity contribution >= 4 is 11.8 Å². The third kappa shape index (κ3) is 5.36. The highest BCUT2D eigenvalue weighted by Gasteiger charge is 2.34. The zero-order valence-corrected chi connectivity index (χ0v) is 17.1. The van der Waals surface area contributed by atoms with Gasteiger partial charge in [-0.25, -0.2) is 4.39 Å². The van der Waals surface area contributed by atoms with Crippen LogP contribution in [0.5, 0.6) is 0 Å². The number of carbonyl (C=O) groups is 2. The molecule has 1 aromatic carbocycles. The summed E-state index contributed by atoms with van der Waals surface area (Å²) in [6.45, 7) is 4.60. The van der Waals surface area contributed by atoms with E-state index in [0.29, 0.717) is 44.6 Å². The van der Waals surface area contributed by atoms with E-state index >= 15 is 0 Å². The predicted octanol–water partition coefficient (Wildman–Crippen LogP) is 2.48. The molecule has 2 fully saturated rings. The van der Waals surface area contributed by atoms with Gasteiger partial charge in [0.05, 0.1) is 12.6 Å². The molecule has 1 atom stereocenters. The minimum atomic E-state index is -0.259. The van der Waals surface area contributed by atoms with Gasteiger partial charge in [0.2, 0.25) is 11.8 Å². The quantitative estimate of drug-likeness (QED) is 0.774. The van der Waals surface area contributed by atoms with Gasteiger partial charge >= 0.3 is 0 Å². The monoisotopic (exact) mass is 399 g/mol. The number of hydrogen-bond donors (Lipinski definition) is 1. The van der Waals surface area contributed by atoms with Crippen LogP contribution in [0, 0.1) is 31.0 Å². The fourth-order valence-electron chi connectivity index (χ4n) is 4.23. The van der Waals surface area contributed by atoms with Crippen LogP contribution in [0.3, 0.4) is 0 Å². The molecule has 0 aromatic heterocycles. The first kappa shape index (κ1) is 21.3. The molecule has 29 heavy (non-hydrogen) atoms. The number of piperidine rings is 2. The van der Waals surface area contributed by atoms with Crippen LogP contribution in [-0.2, 0) is 16.1 Å². The lowest BCUT2D eigenvalue weighted by Gasteiger charge is -2.39. The lowest BCUT2D eigenvalue weighted by atomic mass is 9.94. The number of likely N-dealkylation sites (tertiary alicyclic amines) is 2. The molecule has 0 bridgehead atoms. The Bertz CT molecular complexity index is 781. The zero-order valence-electron chi connectivity index (χ0n) is 17.1. The summed E-state index contributed by atoms with van der Waals surface area (Å²) in [4.78, 5) is 29.5. The Morgan fingerprint density at radius 1 is 1.21 bits per heavy atom. The van der Waals surface area contributed by atoms with Gasteiger partial charge in [-0.2, -0.15) is 0 Å². The van der Waals surface area contributed by atoms with Crippen LogP contribution in [0.4, 0.5) is 4.39 Å². The number of nitrogens with one attached hydrogen (secondary N) is 1. The van der Waals surface area contributed by atoms with E-state index < -0.39 is 0 Å². The van der Waals surface area contributed by atoms with Crippen LogP contribution in [-0.4, -0.2) is 53.8 Å². The van der Waals surface area contributed by atoms with Gasteiger partial charge in [0.1, 0.15) is 5.82 Å². The van der Waals surface area contributed by atoms with Gasteiger partial charge in [-0.15, -0.1) is 6.42 Å². The van der Waals surface area contributed by atoms with E-state index in [4.69, 9.17) is 6.42 Å². The van der Waals surface area contributed by atoms with Crippen molar-refractivity contribution in [1.82, 2.24) is 15.1 Å². The van der Waals surface area contributed by atoms with Crippen molar-refractivity contribution in [3.63, 3.8) is 0 Å². The summed E-state index contributed by atoms with van der Waals surface area (Å²) < 4.78 is 13.6. The fourth-order valence-corrected chi connectivity index (χ4v) is 4.23. The summed E-state index contributed by atoms with van der Waals surface area (Å²) in [7, 11) is 0. The summed E-state index contributed by atoms with van der Waals surface area (Å²) in [5.74, 6) is 2.42. The third-order valence-corrected chi connectivity index (χ3v) is 6.07. The van der Waals surface area contributed by atoms with Gasteiger partial charge in [0.15, 0.2) is 0 Å². The van der Waals surface area contributed by atoms with Gasteiger partial charge in [-0.1, -0.05) is 24.5 Å². The molecule has 5 nitrogen and oxygen atoms in total. The van der Waals surface area contributed by atoms with Crippen LogP contribution in [0.25, 0.3) is 0 Å². The standard InChI is InChI=1S/C23H30FN3O2/c1-3-11-26-12-5-4-6-21(26)23(29)27-13-9-19(10-14-27)22(28)25-16-18-8-7-17(2)20(24)15-18/h1,7-8,15,19,21H,4-6,9-14,16H2,2H3,(H,25,28)/t21-/m1/s1. The number of carbonyl (C=O) groups excluding carboxylic acids is 2. The van der Waals surface area contributed by atoms with Crippen molar-refractivity contribution < 1.29 is 14.0 Å². The number of amides is 2. The van der Waals surface area contributed by atoms with Gasteiger partial charge in [0.25, 0.3) is 0 Å². The lowest BCUT2D eigenvalue weighted by molar-refractivity contribution is -0.141. The topological polar surface area (TPSA) is 52.7 Å². The Balaban J connectivity index is 1.47. The Labute approximate surface area is 172 Å². The highest BCUT2D eigenvalue weighted by molar-refractivity contribution is 5.83. The molecule has 0 spiro atoms. The maximum Gasteiger partial charge on any atom is 0.239 e. The molecule has 0 unspecified atom stereocenters. The number of hydrogen-bond acceptors (Lipinski definition) is 3. The van der Waals surface area contributed by atoms with Crippen molar-refractivity contribution in [1.29, 1.82) is 0 Å². The second kappa shape index (κ2) is 9.89. The number of benzene rings is 1. The summed E-state index contributed by atoms with van der Waals surface area (Å²) in [6.07, 6.45) is 9.75. The minimum Gasteiger partial charge on any atom is -0.352 e. The number of rotatable bonds is 5. The summed E-state index contributed by atoms with van der Waals surface area (Å²) in [5, 5.41) is 2.91. The molecule has 156 valence electrons. The molecule has 2 aliphatic rings. The molecule has 2 aliphatic heterocycles. The molecule has 3 rings (SSSR count). The molecule has 1 aromatic rings. The second-order valence-electron chi connectivity index (χ2n) is 8.09. The average molecular weight is 400 g/mol. The van der Waals surface area contributed by atoms with Crippen LogP contribution >= 0.6 is 0 Å². The first-order valence-electron chi connectivity index (χ1n) is 10.5. The summed E-state index contributed by atoms with van der Waals surface area (Å²) in [5.41, 5.74) is 1.34. The minimum absolute atomic E-state index is 0.0234. The van der Waals surface area contributed by atoms with Crippen molar-refractivity contribution in [2.24, 2.45) is 5.92 Å². The number of halogens is 1. The molecule has 2 saturated heterocycles. The maximum atomic E-state index is 13.6. The Morgan fingerprint density at radius 3 is 2.66 bits per heavy atom. The van der Waals surface area contributed by atoms with Crippen LogP contribution in [0.15, 0.2) is 18.2 Å². The van der Waals surface area contributed by atoms with Gasteiger partial charge in [-0.3, -0.25) is 14.5 Å². The fraction of sp³-hybridized carbons (Fsp3) is 0.565. The van der Waals surface area contributed by atoms with Crippen LogP contribution < -0.4 is 5.32 Å². The summed E-state index contributed by atoms with van der Waals surface area (Å²) in [6, 6.07) is 4.88. The van der Waals surface area contributed by atoms with E-state index in [1.54, 1.807) is 13.0 Å². The molecule has 1 N–H and O–H groups in total. The van der Waals surface area contributed by atoms with Crippen molar-refractivity contribution in [2.75, 3.05) is 26.2 Å². The average Bonchev–Trinajstić information content (AvgIpc) is 2.74. The highest BCUT2D eigenvalue weighted by Crippen LogP contribution is 2.23. The molecular weight excluding hydrogens is 369 g/mol. The van der Waals surface area contributed by atoms with E-state index in [1.807, 2.05) is 11.0 Å². The van der Waals surface area contributed by atoms with Crippen molar-refractivity contribution in [2.45, 2.75) is 51.6 Å². The number of nitrogens with zero attached hydrogens (tertiary/aromatic N) is 2. The lowest BCUT2D eigenvalue weighted by Crippen LogP contribution is -2.53.